The fourth-order valence-electron chi connectivity index (χ4n) is 1.56. The third kappa shape index (κ3) is 4.32. The number of furan rings is 1. The van der Waals surface area contributed by atoms with Gasteiger partial charge in [0.2, 0.25) is 15.9 Å². The van der Waals surface area contributed by atoms with Crippen molar-refractivity contribution < 1.29 is 17.6 Å². The highest BCUT2D eigenvalue weighted by Crippen LogP contribution is 2.19. The molecule has 1 amide bonds. The van der Waals surface area contributed by atoms with Gasteiger partial charge in [0.1, 0.15) is 10.7 Å². The Morgan fingerprint density at radius 1 is 1.19 bits per heavy atom. The molecule has 0 radical (unpaired) electrons. The molecule has 2 rings (SSSR count). The normalized spacial score (nSPS) is 11.3. The first-order valence-electron chi connectivity index (χ1n) is 6.02. The number of hydrogen-bond acceptors (Lipinski definition) is 4. The molecular formula is C13H13ClN2O4S. The van der Waals surface area contributed by atoms with Gasteiger partial charge in [0.05, 0.1) is 24.4 Å². The fraction of sp³-hybridized carbons (Fsp3) is 0.154. The molecule has 0 aliphatic heterocycles. The van der Waals surface area contributed by atoms with Gasteiger partial charge in [-0.15, -0.1) is 0 Å². The summed E-state index contributed by atoms with van der Waals surface area (Å²) in [6, 6.07) is 9.41. The highest BCUT2D eigenvalue weighted by atomic mass is 35.5. The molecule has 0 saturated heterocycles. The van der Waals surface area contributed by atoms with Gasteiger partial charge >= 0.3 is 0 Å². The van der Waals surface area contributed by atoms with E-state index in [1.807, 2.05) is 0 Å². The zero-order valence-electron chi connectivity index (χ0n) is 10.9. The van der Waals surface area contributed by atoms with Crippen molar-refractivity contribution in [3.8, 4) is 0 Å². The van der Waals surface area contributed by atoms with E-state index < -0.39 is 15.9 Å². The van der Waals surface area contributed by atoms with Gasteiger partial charge in [0, 0.05) is 0 Å². The Morgan fingerprint density at radius 2 is 1.95 bits per heavy atom. The fourth-order valence-corrected chi connectivity index (χ4v) is 3.06. The summed E-state index contributed by atoms with van der Waals surface area (Å²) in [6.07, 6.45) is 1.49. The monoisotopic (exact) mass is 328 g/mol. The maximum atomic E-state index is 12.0. The number of hydrogen-bond donors (Lipinski definition) is 2. The number of halogens is 1. The largest absolute Gasteiger partial charge is 0.467 e. The number of nitrogens with one attached hydrogen (secondary N) is 2. The molecule has 0 saturated carbocycles. The number of sulfonamides is 1. The van der Waals surface area contributed by atoms with Crippen LogP contribution in [0.3, 0.4) is 0 Å². The number of amides is 1. The van der Waals surface area contributed by atoms with Crippen molar-refractivity contribution in [1.82, 2.24) is 10.0 Å². The van der Waals surface area contributed by atoms with Crippen molar-refractivity contribution in [2.75, 3.05) is 6.54 Å². The average molecular weight is 329 g/mol. The standard InChI is InChI=1S/C13H13ClN2O4S/c14-11-5-1-2-6-12(11)21(18,19)16-9-13(17)15-8-10-4-3-7-20-10/h1-7,16H,8-9H2,(H,15,17). The summed E-state index contributed by atoms with van der Waals surface area (Å²) in [5, 5.41) is 2.63. The molecule has 1 aromatic heterocycles. The van der Waals surface area contributed by atoms with E-state index in [-0.39, 0.29) is 23.0 Å². The Kier molecular flexibility index (Phi) is 5.00. The van der Waals surface area contributed by atoms with E-state index in [1.165, 1.54) is 18.4 Å². The van der Waals surface area contributed by atoms with Gasteiger partial charge < -0.3 is 9.73 Å². The van der Waals surface area contributed by atoms with Gasteiger partial charge in [0.15, 0.2) is 0 Å². The maximum Gasteiger partial charge on any atom is 0.242 e. The van der Waals surface area contributed by atoms with Gasteiger partial charge in [-0.25, -0.2) is 13.1 Å². The minimum atomic E-state index is -3.82. The van der Waals surface area contributed by atoms with Crippen LogP contribution in [-0.2, 0) is 21.4 Å². The molecule has 0 fully saturated rings. The predicted octanol–water partition coefficient (Wildman–Crippen LogP) is 1.53. The Hall–Kier alpha value is -1.83. The third-order valence-electron chi connectivity index (χ3n) is 2.59. The van der Waals surface area contributed by atoms with Crippen molar-refractivity contribution in [1.29, 1.82) is 0 Å². The first kappa shape index (κ1) is 15.6. The van der Waals surface area contributed by atoms with E-state index in [2.05, 4.69) is 10.0 Å². The van der Waals surface area contributed by atoms with E-state index in [1.54, 1.807) is 24.3 Å². The molecule has 2 N–H and O–H groups in total. The Balaban J connectivity index is 1.90. The molecule has 6 nitrogen and oxygen atoms in total. The van der Waals surface area contributed by atoms with Crippen LogP contribution in [0, 0.1) is 0 Å². The summed E-state index contributed by atoms with van der Waals surface area (Å²) in [6.45, 7) is -0.187. The molecule has 0 spiro atoms. The molecular weight excluding hydrogens is 316 g/mol. The van der Waals surface area contributed by atoms with Crippen LogP contribution in [0.15, 0.2) is 52.0 Å². The van der Waals surface area contributed by atoms with Gasteiger partial charge in [-0.3, -0.25) is 4.79 Å². The summed E-state index contributed by atoms with van der Waals surface area (Å²) in [4.78, 5) is 11.5. The second-order valence-corrected chi connectivity index (χ2v) is 6.25. The van der Waals surface area contributed by atoms with Gasteiger partial charge in [0.25, 0.3) is 0 Å². The summed E-state index contributed by atoms with van der Waals surface area (Å²) in [5.41, 5.74) is 0. The first-order chi connectivity index (χ1) is 9.99. The molecule has 112 valence electrons. The van der Waals surface area contributed by atoms with E-state index in [4.69, 9.17) is 16.0 Å². The van der Waals surface area contributed by atoms with Crippen LogP contribution >= 0.6 is 11.6 Å². The topological polar surface area (TPSA) is 88.4 Å². The van der Waals surface area contributed by atoms with E-state index in [0.29, 0.717) is 5.76 Å². The summed E-state index contributed by atoms with van der Waals surface area (Å²) in [7, 11) is -3.82. The summed E-state index contributed by atoms with van der Waals surface area (Å²) in [5.74, 6) is 0.110. The lowest BCUT2D eigenvalue weighted by molar-refractivity contribution is -0.120. The predicted molar refractivity (Wildman–Crippen MR) is 77.2 cm³/mol. The van der Waals surface area contributed by atoms with Gasteiger partial charge in [-0.2, -0.15) is 0 Å². The molecule has 1 aromatic carbocycles. The van der Waals surface area contributed by atoms with Crippen LogP contribution in [0.5, 0.6) is 0 Å². The average Bonchev–Trinajstić information content (AvgIpc) is 2.96. The first-order valence-corrected chi connectivity index (χ1v) is 7.88. The Morgan fingerprint density at radius 3 is 2.62 bits per heavy atom. The van der Waals surface area contributed by atoms with Crippen molar-refractivity contribution in [3.05, 3.63) is 53.4 Å². The molecule has 0 aliphatic carbocycles. The van der Waals surface area contributed by atoms with Gasteiger partial charge in [-0.1, -0.05) is 23.7 Å². The van der Waals surface area contributed by atoms with Crippen LogP contribution in [-0.4, -0.2) is 20.9 Å². The molecule has 21 heavy (non-hydrogen) atoms. The molecule has 0 aliphatic rings. The highest BCUT2D eigenvalue weighted by Gasteiger charge is 2.18. The molecule has 0 unspecified atom stereocenters. The zero-order chi connectivity index (χ0) is 15.3. The van der Waals surface area contributed by atoms with E-state index in [0.717, 1.165) is 0 Å². The number of benzene rings is 1. The second-order valence-electron chi connectivity index (χ2n) is 4.11. The van der Waals surface area contributed by atoms with Crippen molar-refractivity contribution in [3.63, 3.8) is 0 Å². The lowest BCUT2D eigenvalue weighted by atomic mass is 10.4. The summed E-state index contributed by atoms with van der Waals surface area (Å²) < 4.78 is 31.2. The molecule has 0 bridgehead atoms. The second kappa shape index (κ2) is 6.75. The number of rotatable bonds is 6. The molecule has 8 heteroatoms. The smallest absolute Gasteiger partial charge is 0.242 e. The molecule has 2 aromatic rings. The van der Waals surface area contributed by atoms with E-state index >= 15 is 0 Å². The van der Waals surface area contributed by atoms with Crippen molar-refractivity contribution >= 4 is 27.5 Å². The van der Waals surface area contributed by atoms with Crippen molar-refractivity contribution in [2.45, 2.75) is 11.4 Å². The quantitative estimate of drug-likeness (QED) is 0.841. The van der Waals surface area contributed by atoms with Crippen LogP contribution in [0.2, 0.25) is 5.02 Å². The van der Waals surface area contributed by atoms with Gasteiger partial charge in [-0.05, 0) is 24.3 Å². The Bertz CT molecular complexity index is 714. The Labute approximate surface area is 127 Å². The summed E-state index contributed by atoms with van der Waals surface area (Å²) >= 11 is 5.82. The van der Waals surface area contributed by atoms with Crippen LogP contribution in [0.25, 0.3) is 0 Å². The van der Waals surface area contributed by atoms with E-state index in [9.17, 15) is 13.2 Å². The lowest BCUT2D eigenvalue weighted by Crippen LogP contribution is -2.36. The number of carbonyl (C=O) groups excluding carboxylic acids is 1. The van der Waals surface area contributed by atoms with Crippen molar-refractivity contribution in [2.24, 2.45) is 0 Å². The van der Waals surface area contributed by atoms with Crippen LogP contribution in [0.1, 0.15) is 5.76 Å². The zero-order valence-corrected chi connectivity index (χ0v) is 12.4. The minimum absolute atomic E-state index is 0.0644. The molecule has 0 atom stereocenters. The highest BCUT2D eigenvalue weighted by molar-refractivity contribution is 7.89. The lowest BCUT2D eigenvalue weighted by Gasteiger charge is -2.08. The maximum absolute atomic E-state index is 12.0. The SMILES string of the molecule is O=C(CNS(=O)(=O)c1ccccc1Cl)NCc1ccco1. The van der Waals surface area contributed by atoms with Crippen LogP contribution < -0.4 is 10.0 Å². The van der Waals surface area contributed by atoms with Crippen LogP contribution in [0.4, 0.5) is 0 Å². The third-order valence-corrected chi connectivity index (χ3v) is 4.49. The molecule has 1 heterocycles. The minimum Gasteiger partial charge on any atom is -0.467 e. The number of carbonyl (C=O) groups is 1.